The smallest absolute Gasteiger partial charge is 0.127 e. The Morgan fingerprint density at radius 1 is 1.44 bits per heavy atom. The molecular weight excluding hydrogens is 206 g/mol. The van der Waals surface area contributed by atoms with Crippen LogP contribution in [0.1, 0.15) is 6.42 Å². The predicted molar refractivity (Wildman–Crippen MR) is 64.8 cm³/mol. The van der Waals surface area contributed by atoms with Gasteiger partial charge in [-0.2, -0.15) is 0 Å². The molecule has 16 heavy (non-hydrogen) atoms. The molecule has 0 fully saturated rings. The van der Waals surface area contributed by atoms with Crippen LogP contribution in [0.15, 0.2) is 18.3 Å². The van der Waals surface area contributed by atoms with Crippen molar-refractivity contribution in [1.82, 2.24) is 4.98 Å². The third-order valence-electron chi connectivity index (χ3n) is 2.05. The van der Waals surface area contributed by atoms with Crippen molar-refractivity contribution in [2.24, 2.45) is 0 Å². The summed E-state index contributed by atoms with van der Waals surface area (Å²) in [5.74, 6) is 0.849. The van der Waals surface area contributed by atoms with Crippen molar-refractivity contribution in [2.45, 2.75) is 6.42 Å². The maximum Gasteiger partial charge on any atom is 0.127 e. The number of nitrogens with one attached hydrogen (secondary N) is 2. The molecular formula is C11H19N3O2. The minimum absolute atomic E-state index is 0.0866. The first-order valence-electron chi connectivity index (χ1n) is 5.43. The molecule has 0 amide bonds. The monoisotopic (exact) mass is 225 g/mol. The topological polar surface area (TPSA) is 66.4 Å². The molecule has 0 saturated carbocycles. The molecule has 5 heteroatoms. The van der Waals surface area contributed by atoms with Gasteiger partial charge >= 0.3 is 0 Å². The molecule has 1 rings (SSSR count). The van der Waals surface area contributed by atoms with E-state index in [4.69, 9.17) is 9.84 Å². The number of aliphatic hydroxyl groups is 1. The molecule has 1 heterocycles. The van der Waals surface area contributed by atoms with Gasteiger partial charge in [-0.15, -0.1) is 0 Å². The summed E-state index contributed by atoms with van der Waals surface area (Å²) in [6, 6.07) is 3.88. The maximum absolute atomic E-state index is 8.50. The molecule has 0 aliphatic rings. The summed E-state index contributed by atoms with van der Waals surface area (Å²) in [5.41, 5.74) is 1.04. The molecule has 0 radical (unpaired) electrons. The van der Waals surface area contributed by atoms with E-state index in [0.29, 0.717) is 13.2 Å². The first-order valence-corrected chi connectivity index (χ1v) is 5.43. The summed E-state index contributed by atoms with van der Waals surface area (Å²) < 4.78 is 5.15. The van der Waals surface area contributed by atoms with E-state index in [0.717, 1.165) is 24.5 Å². The van der Waals surface area contributed by atoms with Crippen molar-refractivity contribution in [1.29, 1.82) is 0 Å². The van der Waals surface area contributed by atoms with Gasteiger partial charge in [0.2, 0.25) is 0 Å². The Morgan fingerprint density at radius 3 is 3.06 bits per heavy atom. The summed E-state index contributed by atoms with van der Waals surface area (Å²) in [5, 5.41) is 14.8. The fourth-order valence-corrected chi connectivity index (χ4v) is 1.25. The first kappa shape index (κ1) is 12.7. The van der Waals surface area contributed by atoms with Crippen LogP contribution < -0.4 is 10.6 Å². The van der Waals surface area contributed by atoms with Gasteiger partial charge in [0.1, 0.15) is 5.82 Å². The Kier molecular flexibility index (Phi) is 6.29. The summed E-state index contributed by atoms with van der Waals surface area (Å²) in [6.45, 7) is 2.01. The van der Waals surface area contributed by atoms with Crippen LogP contribution >= 0.6 is 0 Å². The van der Waals surface area contributed by atoms with Crippen LogP contribution in [-0.2, 0) is 4.74 Å². The zero-order chi connectivity index (χ0) is 11.6. The standard InChI is InChI=1S/C11H19N3O2/c1-12-11-9-10(3-5-14-11)13-4-2-7-16-8-6-15/h3,5,9,15H,2,4,6-8H2,1H3,(H2,12,13,14). The Labute approximate surface area is 95.8 Å². The minimum Gasteiger partial charge on any atom is -0.394 e. The highest BCUT2D eigenvalue weighted by Crippen LogP contribution is 2.10. The van der Waals surface area contributed by atoms with E-state index in [-0.39, 0.29) is 6.61 Å². The quantitative estimate of drug-likeness (QED) is 0.574. The van der Waals surface area contributed by atoms with Gasteiger partial charge in [-0.1, -0.05) is 0 Å². The van der Waals surface area contributed by atoms with Crippen LogP contribution in [0.2, 0.25) is 0 Å². The molecule has 0 aromatic carbocycles. The Bertz CT molecular complexity index is 294. The van der Waals surface area contributed by atoms with Crippen molar-refractivity contribution in [3.8, 4) is 0 Å². The van der Waals surface area contributed by atoms with E-state index in [1.54, 1.807) is 6.20 Å². The van der Waals surface area contributed by atoms with E-state index >= 15 is 0 Å². The molecule has 90 valence electrons. The first-order chi connectivity index (χ1) is 7.86. The zero-order valence-electron chi connectivity index (χ0n) is 9.57. The van der Waals surface area contributed by atoms with Gasteiger partial charge in [-0.25, -0.2) is 4.98 Å². The second kappa shape index (κ2) is 7.90. The van der Waals surface area contributed by atoms with Crippen LogP contribution in [-0.4, -0.2) is 43.5 Å². The van der Waals surface area contributed by atoms with Crippen LogP contribution in [0.3, 0.4) is 0 Å². The van der Waals surface area contributed by atoms with E-state index < -0.39 is 0 Å². The van der Waals surface area contributed by atoms with Gasteiger partial charge in [0.25, 0.3) is 0 Å². The number of pyridine rings is 1. The second-order valence-electron chi connectivity index (χ2n) is 3.30. The molecule has 0 atom stereocenters. The number of rotatable bonds is 8. The van der Waals surface area contributed by atoms with Crippen molar-refractivity contribution >= 4 is 11.5 Å². The molecule has 0 bridgehead atoms. The number of ether oxygens (including phenoxy) is 1. The largest absolute Gasteiger partial charge is 0.394 e. The van der Waals surface area contributed by atoms with E-state index in [1.165, 1.54) is 0 Å². The molecule has 0 aliphatic heterocycles. The minimum atomic E-state index is 0.0866. The third-order valence-corrected chi connectivity index (χ3v) is 2.05. The van der Waals surface area contributed by atoms with Crippen LogP contribution in [0.5, 0.6) is 0 Å². The van der Waals surface area contributed by atoms with E-state index in [9.17, 15) is 0 Å². The maximum atomic E-state index is 8.50. The molecule has 3 N–H and O–H groups in total. The average molecular weight is 225 g/mol. The molecule has 5 nitrogen and oxygen atoms in total. The lowest BCUT2D eigenvalue weighted by molar-refractivity contribution is 0.0922. The molecule has 1 aromatic rings. The van der Waals surface area contributed by atoms with Gasteiger partial charge < -0.3 is 20.5 Å². The third kappa shape index (κ3) is 4.95. The SMILES string of the molecule is CNc1cc(NCCCOCCO)ccn1. The van der Waals surface area contributed by atoms with Gasteiger partial charge in [-0.05, 0) is 12.5 Å². The van der Waals surface area contributed by atoms with E-state index in [1.807, 2.05) is 19.2 Å². The van der Waals surface area contributed by atoms with Crippen molar-refractivity contribution in [3.05, 3.63) is 18.3 Å². The van der Waals surface area contributed by atoms with Crippen LogP contribution in [0.25, 0.3) is 0 Å². The van der Waals surface area contributed by atoms with Crippen LogP contribution in [0, 0.1) is 0 Å². The molecule has 0 unspecified atom stereocenters. The lowest BCUT2D eigenvalue weighted by atomic mass is 10.3. The summed E-state index contributed by atoms with van der Waals surface area (Å²) in [7, 11) is 1.84. The van der Waals surface area contributed by atoms with Gasteiger partial charge in [0, 0.05) is 38.1 Å². The van der Waals surface area contributed by atoms with E-state index in [2.05, 4.69) is 15.6 Å². The highest BCUT2D eigenvalue weighted by molar-refractivity contribution is 5.51. The van der Waals surface area contributed by atoms with Crippen molar-refractivity contribution < 1.29 is 9.84 Å². The Hall–Kier alpha value is -1.33. The van der Waals surface area contributed by atoms with Crippen LogP contribution in [0.4, 0.5) is 11.5 Å². The second-order valence-corrected chi connectivity index (χ2v) is 3.30. The lowest BCUT2D eigenvalue weighted by Gasteiger charge is -2.07. The number of hydrogen-bond donors (Lipinski definition) is 3. The molecule has 0 aliphatic carbocycles. The number of anilines is 2. The predicted octanol–water partition coefficient (Wildman–Crippen LogP) is 0.934. The Morgan fingerprint density at radius 2 is 2.31 bits per heavy atom. The zero-order valence-corrected chi connectivity index (χ0v) is 9.57. The number of nitrogens with zero attached hydrogens (tertiary/aromatic N) is 1. The summed E-state index contributed by atoms with van der Waals surface area (Å²) >= 11 is 0. The van der Waals surface area contributed by atoms with Crippen molar-refractivity contribution in [3.63, 3.8) is 0 Å². The van der Waals surface area contributed by atoms with Gasteiger partial charge in [0.05, 0.1) is 13.2 Å². The average Bonchev–Trinajstić information content (AvgIpc) is 2.34. The summed E-state index contributed by atoms with van der Waals surface area (Å²) in [4.78, 5) is 4.12. The van der Waals surface area contributed by atoms with Gasteiger partial charge in [-0.3, -0.25) is 0 Å². The highest BCUT2D eigenvalue weighted by atomic mass is 16.5. The lowest BCUT2D eigenvalue weighted by Crippen LogP contribution is -2.07. The number of aromatic nitrogens is 1. The number of hydrogen-bond acceptors (Lipinski definition) is 5. The number of aliphatic hydroxyl groups excluding tert-OH is 1. The van der Waals surface area contributed by atoms with Crippen molar-refractivity contribution in [2.75, 3.05) is 44.0 Å². The fraction of sp³-hybridized carbons (Fsp3) is 0.545. The van der Waals surface area contributed by atoms with Gasteiger partial charge in [0.15, 0.2) is 0 Å². The normalized spacial score (nSPS) is 10.1. The summed E-state index contributed by atoms with van der Waals surface area (Å²) in [6.07, 6.45) is 2.67. The molecule has 0 saturated heterocycles. The highest BCUT2D eigenvalue weighted by Gasteiger charge is 1.94. The molecule has 1 aromatic heterocycles. The fourth-order valence-electron chi connectivity index (χ4n) is 1.25. The molecule has 0 spiro atoms. The Balaban J connectivity index is 2.16.